The fourth-order valence-corrected chi connectivity index (χ4v) is 2.53. The van der Waals surface area contributed by atoms with Crippen LogP contribution in [0.1, 0.15) is 15.9 Å². The first-order valence-electron chi connectivity index (χ1n) is 6.68. The molecule has 2 N–H and O–H groups in total. The van der Waals surface area contributed by atoms with Crippen LogP contribution in [0.3, 0.4) is 0 Å². The van der Waals surface area contributed by atoms with E-state index in [4.69, 9.17) is 5.73 Å². The molecule has 0 bridgehead atoms. The molecule has 1 aromatic heterocycles. The van der Waals surface area contributed by atoms with E-state index in [1.54, 1.807) is 0 Å². The van der Waals surface area contributed by atoms with Crippen molar-refractivity contribution >= 4 is 17.2 Å². The second-order valence-corrected chi connectivity index (χ2v) is 4.79. The van der Waals surface area contributed by atoms with Crippen LogP contribution in [-0.2, 0) is 6.42 Å². The standard InChI is InChI=1S/C17H16N2O/c18-10-9-14-11-19(17-4-2-1-3-16(14)17)15-7-5-13(12-20)6-8-15/h1-8,11-12H,9-10,18H2. The number of hydrogen-bond donors (Lipinski definition) is 1. The summed E-state index contributed by atoms with van der Waals surface area (Å²) in [5.41, 5.74) is 9.84. The van der Waals surface area contributed by atoms with Crippen LogP contribution >= 0.6 is 0 Å². The zero-order chi connectivity index (χ0) is 13.9. The predicted octanol–water partition coefficient (Wildman–Crippen LogP) is 2.94. The fourth-order valence-electron chi connectivity index (χ4n) is 2.53. The molecule has 2 aromatic carbocycles. The lowest BCUT2D eigenvalue weighted by Crippen LogP contribution is -2.02. The Morgan fingerprint density at radius 1 is 1.05 bits per heavy atom. The molecule has 0 saturated carbocycles. The van der Waals surface area contributed by atoms with Crippen molar-refractivity contribution in [3.05, 3.63) is 65.9 Å². The van der Waals surface area contributed by atoms with Crippen molar-refractivity contribution < 1.29 is 4.79 Å². The minimum absolute atomic E-state index is 0.637. The summed E-state index contributed by atoms with van der Waals surface area (Å²) in [4.78, 5) is 10.7. The highest BCUT2D eigenvalue weighted by molar-refractivity contribution is 5.86. The van der Waals surface area contributed by atoms with Crippen LogP contribution in [0.2, 0.25) is 0 Å². The molecule has 0 aliphatic carbocycles. The Morgan fingerprint density at radius 3 is 2.50 bits per heavy atom. The lowest BCUT2D eigenvalue weighted by Gasteiger charge is -2.05. The monoisotopic (exact) mass is 264 g/mol. The second-order valence-electron chi connectivity index (χ2n) is 4.79. The molecule has 0 unspecified atom stereocenters. The molecule has 0 radical (unpaired) electrons. The molecule has 3 rings (SSSR count). The lowest BCUT2D eigenvalue weighted by atomic mass is 10.1. The van der Waals surface area contributed by atoms with Gasteiger partial charge in [-0.15, -0.1) is 0 Å². The zero-order valence-electron chi connectivity index (χ0n) is 11.1. The van der Waals surface area contributed by atoms with Crippen molar-refractivity contribution in [3.63, 3.8) is 0 Å². The number of benzene rings is 2. The van der Waals surface area contributed by atoms with Gasteiger partial charge in [-0.2, -0.15) is 0 Å². The number of hydrogen-bond acceptors (Lipinski definition) is 2. The molecule has 0 spiro atoms. The average molecular weight is 264 g/mol. The van der Waals surface area contributed by atoms with E-state index in [0.717, 1.165) is 23.9 Å². The number of rotatable bonds is 4. The highest BCUT2D eigenvalue weighted by atomic mass is 16.1. The molecule has 0 aliphatic rings. The van der Waals surface area contributed by atoms with Gasteiger partial charge in [-0.1, -0.05) is 18.2 Å². The van der Waals surface area contributed by atoms with Crippen molar-refractivity contribution in [1.29, 1.82) is 0 Å². The van der Waals surface area contributed by atoms with E-state index in [9.17, 15) is 4.79 Å². The maximum absolute atomic E-state index is 10.7. The van der Waals surface area contributed by atoms with E-state index >= 15 is 0 Å². The topological polar surface area (TPSA) is 48.0 Å². The Bertz CT molecular complexity index is 741. The average Bonchev–Trinajstić information content (AvgIpc) is 2.87. The largest absolute Gasteiger partial charge is 0.330 e. The molecule has 3 nitrogen and oxygen atoms in total. The quantitative estimate of drug-likeness (QED) is 0.736. The third-order valence-electron chi connectivity index (χ3n) is 3.52. The van der Waals surface area contributed by atoms with E-state index < -0.39 is 0 Å². The maximum Gasteiger partial charge on any atom is 0.150 e. The molecule has 3 aromatic rings. The van der Waals surface area contributed by atoms with Crippen LogP contribution in [0.5, 0.6) is 0 Å². The predicted molar refractivity (Wildman–Crippen MR) is 81.4 cm³/mol. The van der Waals surface area contributed by atoms with E-state index in [-0.39, 0.29) is 0 Å². The summed E-state index contributed by atoms with van der Waals surface area (Å²) in [6, 6.07) is 15.9. The minimum atomic E-state index is 0.637. The summed E-state index contributed by atoms with van der Waals surface area (Å²) >= 11 is 0. The van der Waals surface area contributed by atoms with Crippen LogP contribution in [0.4, 0.5) is 0 Å². The lowest BCUT2D eigenvalue weighted by molar-refractivity contribution is 0.112. The van der Waals surface area contributed by atoms with Gasteiger partial charge in [0.1, 0.15) is 6.29 Å². The highest BCUT2D eigenvalue weighted by Crippen LogP contribution is 2.25. The number of carbonyl (C=O) groups excluding carboxylic acids is 1. The SMILES string of the molecule is NCCc1cn(-c2ccc(C=O)cc2)c2ccccc12. The van der Waals surface area contributed by atoms with Crippen molar-refractivity contribution in [3.8, 4) is 5.69 Å². The van der Waals surface area contributed by atoms with Gasteiger partial charge in [-0.25, -0.2) is 0 Å². The van der Waals surface area contributed by atoms with Crippen LogP contribution in [0.15, 0.2) is 54.7 Å². The molecule has 20 heavy (non-hydrogen) atoms. The summed E-state index contributed by atoms with van der Waals surface area (Å²) < 4.78 is 2.15. The van der Waals surface area contributed by atoms with Crippen molar-refractivity contribution in [2.75, 3.05) is 6.54 Å². The van der Waals surface area contributed by atoms with Gasteiger partial charge in [-0.3, -0.25) is 4.79 Å². The number of fused-ring (bicyclic) bond motifs is 1. The Morgan fingerprint density at radius 2 is 1.80 bits per heavy atom. The smallest absolute Gasteiger partial charge is 0.150 e. The van der Waals surface area contributed by atoms with Gasteiger partial charge in [0.05, 0.1) is 5.52 Å². The van der Waals surface area contributed by atoms with E-state index in [1.807, 2.05) is 36.4 Å². The molecule has 1 heterocycles. The van der Waals surface area contributed by atoms with Gasteiger partial charge >= 0.3 is 0 Å². The number of carbonyl (C=O) groups is 1. The van der Waals surface area contributed by atoms with Gasteiger partial charge in [0.2, 0.25) is 0 Å². The molecular formula is C17H16N2O. The number of aromatic nitrogens is 1. The first-order chi connectivity index (χ1) is 9.83. The maximum atomic E-state index is 10.7. The molecule has 3 heteroatoms. The first kappa shape index (κ1) is 12.6. The zero-order valence-corrected chi connectivity index (χ0v) is 11.1. The number of nitrogens with two attached hydrogens (primary N) is 1. The summed E-state index contributed by atoms with van der Waals surface area (Å²) in [7, 11) is 0. The number of nitrogens with zero attached hydrogens (tertiary/aromatic N) is 1. The van der Waals surface area contributed by atoms with Crippen molar-refractivity contribution in [2.24, 2.45) is 5.73 Å². The van der Waals surface area contributed by atoms with Crippen LogP contribution in [-0.4, -0.2) is 17.4 Å². The Hall–Kier alpha value is -2.39. The van der Waals surface area contributed by atoms with Crippen LogP contribution in [0.25, 0.3) is 16.6 Å². The van der Waals surface area contributed by atoms with Gasteiger partial charge < -0.3 is 10.3 Å². The van der Waals surface area contributed by atoms with Gasteiger partial charge in [-0.05, 0) is 48.9 Å². The van der Waals surface area contributed by atoms with E-state index in [1.165, 1.54) is 10.9 Å². The molecular weight excluding hydrogens is 248 g/mol. The van der Waals surface area contributed by atoms with Gasteiger partial charge in [0.15, 0.2) is 0 Å². The molecule has 0 saturated heterocycles. The molecule has 0 fully saturated rings. The number of para-hydroxylation sites is 1. The summed E-state index contributed by atoms with van der Waals surface area (Å²) in [6.45, 7) is 0.637. The van der Waals surface area contributed by atoms with Gasteiger partial charge in [0, 0.05) is 22.8 Å². The molecule has 0 atom stereocenters. The second kappa shape index (κ2) is 5.31. The van der Waals surface area contributed by atoms with Crippen molar-refractivity contribution in [2.45, 2.75) is 6.42 Å². The third kappa shape index (κ3) is 2.12. The first-order valence-corrected chi connectivity index (χ1v) is 6.68. The summed E-state index contributed by atoms with van der Waals surface area (Å²) in [5.74, 6) is 0. The minimum Gasteiger partial charge on any atom is -0.330 e. The fraction of sp³-hybridized carbons (Fsp3) is 0.118. The molecule has 100 valence electrons. The van der Waals surface area contributed by atoms with Crippen LogP contribution in [0, 0.1) is 0 Å². The normalized spacial score (nSPS) is 10.8. The summed E-state index contributed by atoms with van der Waals surface area (Å²) in [6.07, 6.45) is 3.85. The molecule has 0 amide bonds. The Kier molecular flexibility index (Phi) is 3.35. The van der Waals surface area contributed by atoms with Crippen molar-refractivity contribution in [1.82, 2.24) is 4.57 Å². The Labute approximate surface area is 117 Å². The van der Waals surface area contributed by atoms with Gasteiger partial charge in [0.25, 0.3) is 0 Å². The Balaban J connectivity index is 2.16. The van der Waals surface area contributed by atoms with E-state index in [2.05, 4.69) is 22.9 Å². The molecule has 0 aliphatic heterocycles. The summed E-state index contributed by atoms with van der Waals surface area (Å²) in [5, 5.41) is 1.23. The third-order valence-corrected chi connectivity index (χ3v) is 3.52. The highest BCUT2D eigenvalue weighted by Gasteiger charge is 2.08. The number of aldehydes is 1. The van der Waals surface area contributed by atoms with E-state index in [0.29, 0.717) is 12.1 Å². The van der Waals surface area contributed by atoms with Crippen LogP contribution < -0.4 is 5.73 Å².